The Labute approximate surface area is 216 Å². The van der Waals surface area contributed by atoms with Gasteiger partial charge in [-0.05, 0) is 78.6 Å². The number of nitrogens with one attached hydrogen (secondary N) is 1. The van der Waals surface area contributed by atoms with Gasteiger partial charge in [0, 0.05) is 5.69 Å². The van der Waals surface area contributed by atoms with E-state index in [2.05, 4.69) is 78.5 Å². The van der Waals surface area contributed by atoms with Gasteiger partial charge < -0.3 is 8.85 Å². The van der Waals surface area contributed by atoms with Crippen LogP contribution in [0, 0.1) is 6.92 Å². The van der Waals surface area contributed by atoms with Crippen molar-refractivity contribution in [3.63, 3.8) is 0 Å². The Morgan fingerprint density at radius 3 is 1.51 bits per heavy atom. The molecular formula is C27H45NO4SSi2. The zero-order valence-electron chi connectivity index (χ0n) is 23.5. The van der Waals surface area contributed by atoms with Gasteiger partial charge in [-0.15, -0.1) is 0 Å². The fraction of sp³-hybridized carbons (Fsp3) is 0.556. The Morgan fingerprint density at radius 1 is 0.743 bits per heavy atom. The molecule has 5 nitrogen and oxygen atoms in total. The predicted molar refractivity (Wildman–Crippen MR) is 152 cm³/mol. The minimum atomic E-state index is -3.71. The highest BCUT2D eigenvalue weighted by Crippen LogP contribution is 2.38. The van der Waals surface area contributed by atoms with Crippen molar-refractivity contribution in [2.75, 3.05) is 4.72 Å². The van der Waals surface area contributed by atoms with Crippen molar-refractivity contribution in [2.24, 2.45) is 0 Å². The smallest absolute Gasteiger partial charge is 0.261 e. The van der Waals surface area contributed by atoms with Crippen LogP contribution in [0.5, 0.6) is 0 Å². The molecule has 0 saturated heterocycles. The molecule has 2 aromatic carbocycles. The third-order valence-electron chi connectivity index (χ3n) is 7.45. The highest BCUT2D eigenvalue weighted by molar-refractivity contribution is 7.92. The maximum absolute atomic E-state index is 13.1. The zero-order chi connectivity index (χ0) is 26.9. The van der Waals surface area contributed by atoms with Crippen molar-refractivity contribution in [2.45, 2.75) is 103 Å². The van der Waals surface area contributed by atoms with E-state index in [4.69, 9.17) is 8.85 Å². The number of sulfonamides is 1. The van der Waals surface area contributed by atoms with E-state index in [9.17, 15) is 8.42 Å². The van der Waals surface area contributed by atoms with E-state index in [1.807, 2.05) is 19.1 Å². The number of rotatable bonds is 9. The van der Waals surface area contributed by atoms with Gasteiger partial charge in [-0.3, -0.25) is 4.72 Å². The summed E-state index contributed by atoms with van der Waals surface area (Å²) < 4.78 is 41.8. The zero-order valence-corrected chi connectivity index (χ0v) is 26.3. The number of benzene rings is 2. The Hall–Kier alpha value is -1.46. The molecule has 0 bridgehead atoms. The van der Waals surface area contributed by atoms with Gasteiger partial charge in [-0.2, -0.15) is 0 Å². The van der Waals surface area contributed by atoms with Crippen LogP contribution in [0.25, 0.3) is 0 Å². The number of anilines is 1. The van der Waals surface area contributed by atoms with Gasteiger partial charge in [0.15, 0.2) is 16.6 Å². The van der Waals surface area contributed by atoms with Crippen LogP contribution in [0.3, 0.4) is 0 Å². The monoisotopic (exact) mass is 535 g/mol. The largest absolute Gasteiger partial charge is 0.413 e. The van der Waals surface area contributed by atoms with E-state index in [1.165, 1.54) is 0 Å². The van der Waals surface area contributed by atoms with Crippen molar-refractivity contribution >= 4 is 32.3 Å². The first-order valence-electron chi connectivity index (χ1n) is 12.2. The topological polar surface area (TPSA) is 64.6 Å². The third-order valence-corrected chi connectivity index (χ3v) is 17.8. The summed E-state index contributed by atoms with van der Waals surface area (Å²) in [6.45, 7) is 25.0. The standard InChI is InChI=1S/C27H45NO4SSi2/c1-21-12-14-25(15-13-21)33(29,30)28-24-17-22(19-31-34(8,9)26(2,3)4)16-23(18-24)20-32-35(10,11)27(5,6)7/h12-18,28H,19-20H2,1-11H3. The average Bonchev–Trinajstić information content (AvgIpc) is 2.69. The maximum Gasteiger partial charge on any atom is 0.261 e. The number of hydrogen-bond donors (Lipinski definition) is 1. The van der Waals surface area contributed by atoms with Gasteiger partial charge >= 0.3 is 0 Å². The Balaban J connectivity index is 2.38. The van der Waals surface area contributed by atoms with Crippen LogP contribution in [0.2, 0.25) is 36.3 Å². The van der Waals surface area contributed by atoms with E-state index in [0.29, 0.717) is 18.9 Å². The molecule has 0 heterocycles. The maximum atomic E-state index is 13.1. The van der Waals surface area contributed by atoms with Crippen molar-refractivity contribution < 1.29 is 17.3 Å². The molecule has 0 fully saturated rings. The van der Waals surface area contributed by atoms with Crippen LogP contribution in [0.1, 0.15) is 58.2 Å². The van der Waals surface area contributed by atoms with Gasteiger partial charge in [0.1, 0.15) is 0 Å². The normalized spacial score (nSPS) is 13.7. The summed E-state index contributed by atoms with van der Waals surface area (Å²) in [6.07, 6.45) is 0. The lowest BCUT2D eigenvalue weighted by molar-refractivity contribution is 0.271. The van der Waals surface area contributed by atoms with Crippen molar-refractivity contribution in [1.82, 2.24) is 0 Å². The minimum absolute atomic E-state index is 0.0892. The van der Waals surface area contributed by atoms with Crippen molar-refractivity contribution in [1.29, 1.82) is 0 Å². The molecule has 0 aliphatic rings. The summed E-state index contributed by atoms with van der Waals surface area (Å²) >= 11 is 0. The Kier molecular flexibility index (Phi) is 8.93. The van der Waals surface area contributed by atoms with Crippen LogP contribution in [-0.2, 0) is 32.1 Å². The Bertz CT molecular complexity index is 1070. The lowest BCUT2D eigenvalue weighted by Gasteiger charge is -2.36. The molecule has 8 heteroatoms. The highest BCUT2D eigenvalue weighted by Gasteiger charge is 2.38. The molecule has 0 aliphatic heterocycles. The fourth-order valence-corrected chi connectivity index (χ4v) is 5.84. The summed E-state index contributed by atoms with van der Waals surface area (Å²) in [6, 6.07) is 12.7. The molecule has 35 heavy (non-hydrogen) atoms. The van der Waals surface area contributed by atoms with E-state index in [0.717, 1.165) is 16.7 Å². The molecule has 0 saturated carbocycles. The van der Waals surface area contributed by atoms with E-state index >= 15 is 0 Å². The number of aryl methyl sites for hydroxylation is 1. The molecule has 0 amide bonds. The van der Waals surface area contributed by atoms with Crippen molar-refractivity contribution in [3.05, 3.63) is 59.2 Å². The van der Waals surface area contributed by atoms with Gasteiger partial charge in [-0.25, -0.2) is 8.42 Å². The van der Waals surface area contributed by atoms with Gasteiger partial charge in [0.25, 0.3) is 10.0 Å². The van der Waals surface area contributed by atoms with E-state index in [-0.39, 0.29) is 15.0 Å². The van der Waals surface area contributed by atoms with Crippen molar-refractivity contribution in [3.8, 4) is 0 Å². The van der Waals surface area contributed by atoms with Crippen LogP contribution < -0.4 is 4.72 Å². The first kappa shape index (κ1) is 29.8. The quantitative estimate of drug-likeness (QED) is 0.332. The second kappa shape index (κ2) is 10.5. The van der Waals surface area contributed by atoms with Crippen LogP contribution >= 0.6 is 0 Å². The van der Waals surface area contributed by atoms with Gasteiger partial charge in [0.2, 0.25) is 0 Å². The summed E-state index contributed by atoms with van der Waals surface area (Å²) in [5.41, 5.74) is 3.41. The van der Waals surface area contributed by atoms with E-state index in [1.54, 1.807) is 24.3 Å². The Morgan fingerprint density at radius 2 is 1.14 bits per heavy atom. The van der Waals surface area contributed by atoms with Gasteiger partial charge in [0.05, 0.1) is 18.1 Å². The van der Waals surface area contributed by atoms with Gasteiger partial charge in [-0.1, -0.05) is 65.3 Å². The summed E-state index contributed by atoms with van der Waals surface area (Å²) in [5, 5.41) is 0.178. The summed E-state index contributed by atoms with van der Waals surface area (Å²) in [7, 11) is -7.64. The van der Waals surface area contributed by atoms with Crippen LogP contribution in [-0.4, -0.2) is 25.1 Å². The third kappa shape index (κ3) is 8.02. The number of hydrogen-bond acceptors (Lipinski definition) is 4. The SMILES string of the molecule is Cc1ccc(S(=O)(=O)Nc2cc(CO[Si](C)(C)C(C)(C)C)cc(CO[Si](C)(C)C(C)(C)C)c2)cc1. The molecule has 0 aromatic heterocycles. The average molecular weight is 536 g/mol. The second-order valence-electron chi connectivity index (χ2n) is 12.6. The highest BCUT2D eigenvalue weighted by atomic mass is 32.2. The van der Waals surface area contributed by atoms with Crippen LogP contribution in [0.15, 0.2) is 47.4 Å². The molecule has 0 spiro atoms. The second-order valence-corrected chi connectivity index (χ2v) is 23.9. The predicted octanol–water partition coefficient (Wildman–Crippen LogP) is 7.84. The molecule has 0 aliphatic carbocycles. The fourth-order valence-electron chi connectivity index (χ4n) is 2.88. The molecule has 196 valence electrons. The first-order valence-corrected chi connectivity index (χ1v) is 19.5. The first-order chi connectivity index (χ1) is 15.7. The summed E-state index contributed by atoms with van der Waals surface area (Å²) in [5.74, 6) is 0. The molecule has 0 atom stereocenters. The molecule has 2 rings (SSSR count). The minimum Gasteiger partial charge on any atom is -0.413 e. The lowest BCUT2D eigenvalue weighted by Crippen LogP contribution is -2.40. The summed E-state index contributed by atoms with van der Waals surface area (Å²) in [4.78, 5) is 0.241. The van der Waals surface area contributed by atoms with Crippen LogP contribution in [0.4, 0.5) is 5.69 Å². The van der Waals surface area contributed by atoms with E-state index < -0.39 is 26.7 Å². The molecule has 1 N–H and O–H groups in total. The molecule has 0 radical (unpaired) electrons. The molecular weight excluding hydrogens is 491 g/mol. The molecule has 2 aromatic rings. The molecule has 0 unspecified atom stereocenters. The lowest BCUT2D eigenvalue weighted by atomic mass is 10.1.